The van der Waals surface area contributed by atoms with E-state index < -0.39 is 0 Å². The van der Waals surface area contributed by atoms with Gasteiger partial charge in [0.1, 0.15) is 5.75 Å². The standard InChI is InChI=1S/C15H17BrN2O2/c1-9(2)19-15-13(17)6-7-14(18-15)20-11-4-5-12(16)10(3)8-11/h4-9H,17H2,1-3H3. The molecule has 0 aliphatic carbocycles. The molecule has 5 heteroatoms. The van der Waals surface area contributed by atoms with E-state index in [0.29, 0.717) is 17.4 Å². The van der Waals surface area contributed by atoms with Gasteiger partial charge in [0.15, 0.2) is 0 Å². The van der Waals surface area contributed by atoms with Crippen LogP contribution in [0.4, 0.5) is 5.69 Å². The van der Waals surface area contributed by atoms with Gasteiger partial charge in [0, 0.05) is 10.5 Å². The van der Waals surface area contributed by atoms with Gasteiger partial charge in [0.05, 0.1) is 11.8 Å². The number of anilines is 1. The molecule has 0 aliphatic rings. The van der Waals surface area contributed by atoms with Crippen molar-refractivity contribution >= 4 is 21.6 Å². The lowest BCUT2D eigenvalue weighted by atomic mass is 10.2. The molecule has 2 N–H and O–H groups in total. The fraction of sp³-hybridized carbons (Fsp3) is 0.267. The molecule has 0 bridgehead atoms. The molecule has 0 saturated heterocycles. The van der Waals surface area contributed by atoms with Gasteiger partial charge in [-0.2, -0.15) is 4.98 Å². The van der Waals surface area contributed by atoms with Crippen LogP contribution in [0, 0.1) is 6.92 Å². The first kappa shape index (κ1) is 14.7. The van der Waals surface area contributed by atoms with Crippen molar-refractivity contribution in [1.29, 1.82) is 0 Å². The SMILES string of the molecule is Cc1cc(Oc2ccc(N)c(OC(C)C)n2)ccc1Br. The molecule has 0 fully saturated rings. The second kappa shape index (κ2) is 6.13. The van der Waals surface area contributed by atoms with Crippen molar-refractivity contribution in [1.82, 2.24) is 4.98 Å². The molecule has 106 valence electrons. The van der Waals surface area contributed by atoms with Crippen molar-refractivity contribution in [2.24, 2.45) is 0 Å². The van der Waals surface area contributed by atoms with Crippen molar-refractivity contribution in [3.8, 4) is 17.5 Å². The summed E-state index contributed by atoms with van der Waals surface area (Å²) in [5.74, 6) is 1.57. The molecule has 0 spiro atoms. The Morgan fingerprint density at radius 1 is 1.20 bits per heavy atom. The predicted molar refractivity (Wildman–Crippen MR) is 83.4 cm³/mol. The van der Waals surface area contributed by atoms with Crippen molar-refractivity contribution in [3.05, 3.63) is 40.4 Å². The largest absolute Gasteiger partial charge is 0.473 e. The zero-order valence-electron chi connectivity index (χ0n) is 11.7. The van der Waals surface area contributed by atoms with E-state index >= 15 is 0 Å². The first-order chi connectivity index (χ1) is 9.45. The third-order valence-electron chi connectivity index (χ3n) is 2.56. The lowest BCUT2D eigenvalue weighted by Crippen LogP contribution is -2.09. The van der Waals surface area contributed by atoms with E-state index in [-0.39, 0.29) is 6.10 Å². The molecule has 0 radical (unpaired) electrons. The number of ether oxygens (including phenoxy) is 2. The van der Waals surface area contributed by atoms with E-state index in [1.165, 1.54) is 0 Å². The van der Waals surface area contributed by atoms with Crippen molar-refractivity contribution in [2.45, 2.75) is 26.9 Å². The summed E-state index contributed by atoms with van der Waals surface area (Å²) in [6, 6.07) is 9.20. The van der Waals surface area contributed by atoms with E-state index in [9.17, 15) is 0 Å². The molecule has 0 atom stereocenters. The minimum absolute atomic E-state index is 0.00924. The number of benzene rings is 1. The summed E-state index contributed by atoms with van der Waals surface area (Å²) >= 11 is 3.46. The highest BCUT2D eigenvalue weighted by molar-refractivity contribution is 9.10. The summed E-state index contributed by atoms with van der Waals surface area (Å²) in [7, 11) is 0. The number of nitrogens with two attached hydrogens (primary N) is 1. The second-order valence-electron chi connectivity index (χ2n) is 4.72. The topological polar surface area (TPSA) is 57.4 Å². The van der Waals surface area contributed by atoms with Crippen LogP contribution in [0.25, 0.3) is 0 Å². The van der Waals surface area contributed by atoms with Gasteiger partial charge >= 0.3 is 0 Å². The third kappa shape index (κ3) is 3.63. The second-order valence-corrected chi connectivity index (χ2v) is 5.58. The Labute approximate surface area is 127 Å². The molecule has 1 aromatic heterocycles. The summed E-state index contributed by atoms with van der Waals surface area (Å²) in [4.78, 5) is 4.28. The molecule has 20 heavy (non-hydrogen) atoms. The Morgan fingerprint density at radius 2 is 1.95 bits per heavy atom. The molecule has 0 saturated carbocycles. The normalized spacial score (nSPS) is 10.7. The number of rotatable bonds is 4. The number of nitrogens with zero attached hydrogens (tertiary/aromatic N) is 1. The Balaban J connectivity index is 2.22. The molecule has 2 rings (SSSR count). The van der Waals surface area contributed by atoms with Crippen molar-refractivity contribution < 1.29 is 9.47 Å². The van der Waals surface area contributed by atoms with Crippen LogP contribution in [-0.4, -0.2) is 11.1 Å². The number of aromatic nitrogens is 1. The van der Waals surface area contributed by atoms with Crippen molar-refractivity contribution in [2.75, 3.05) is 5.73 Å². The quantitative estimate of drug-likeness (QED) is 0.903. The Kier molecular flexibility index (Phi) is 4.49. The Bertz CT molecular complexity index is 615. The number of pyridine rings is 1. The van der Waals surface area contributed by atoms with E-state index in [0.717, 1.165) is 15.8 Å². The van der Waals surface area contributed by atoms with E-state index in [1.54, 1.807) is 12.1 Å². The average molecular weight is 337 g/mol. The lowest BCUT2D eigenvalue weighted by molar-refractivity contribution is 0.232. The first-order valence-corrected chi connectivity index (χ1v) is 7.12. The van der Waals surface area contributed by atoms with Gasteiger partial charge in [-0.3, -0.25) is 0 Å². The molecule has 4 nitrogen and oxygen atoms in total. The molecule has 1 heterocycles. The van der Waals surface area contributed by atoms with E-state index in [2.05, 4.69) is 20.9 Å². The van der Waals surface area contributed by atoms with Crippen LogP contribution in [0.1, 0.15) is 19.4 Å². The Morgan fingerprint density at radius 3 is 2.60 bits per heavy atom. The third-order valence-corrected chi connectivity index (χ3v) is 3.45. The Hall–Kier alpha value is -1.75. The number of hydrogen-bond acceptors (Lipinski definition) is 4. The first-order valence-electron chi connectivity index (χ1n) is 6.33. The van der Waals surface area contributed by atoms with Gasteiger partial charge < -0.3 is 15.2 Å². The molecule has 2 aromatic rings. The number of nitrogen functional groups attached to an aromatic ring is 1. The highest BCUT2D eigenvalue weighted by Gasteiger charge is 2.08. The summed E-state index contributed by atoms with van der Waals surface area (Å²) in [6.45, 7) is 5.85. The van der Waals surface area contributed by atoms with Crippen LogP contribution in [0.3, 0.4) is 0 Å². The summed E-state index contributed by atoms with van der Waals surface area (Å²) in [6.07, 6.45) is 0.00924. The monoisotopic (exact) mass is 336 g/mol. The summed E-state index contributed by atoms with van der Waals surface area (Å²) in [5.41, 5.74) is 7.42. The fourth-order valence-corrected chi connectivity index (χ4v) is 1.86. The van der Waals surface area contributed by atoms with Gasteiger partial charge in [-0.1, -0.05) is 15.9 Å². The maximum absolute atomic E-state index is 5.83. The fourth-order valence-electron chi connectivity index (χ4n) is 1.61. The minimum atomic E-state index is 0.00924. The maximum Gasteiger partial charge on any atom is 0.240 e. The van der Waals surface area contributed by atoms with E-state index in [4.69, 9.17) is 15.2 Å². The van der Waals surface area contributed by atoms with Gasteiger partial charge in [0.2, 0.25) is 11.8 Å². The summed E-state index contributed by atoms with van der Waals surface area (Å²) < 4.78 is 12.3. The number of hydrogen-bond donors (Lipinski definition) is 1. The van der Waals surface area contributed by atoms with Crippen LogP contribution in [0.2, 0.25) is 0 Å². The zero-order valence-corrected chi connectivity index (χ0v) is 13.3. The zero-order chi connectivity index (χ0) is 14.7. The van der Waals surface area contributed by atoms with E-state index in [1.807, 2.05) is 39.0 Å². The van der Waals surface area contributed by atoms with Crippen LogP contribution in [-0.2, 0) is 0 Å². The molecule has 0 aliphatic heterocycles. The molecule has 0 amide bonds. The van der Waals surface area contributed by atoms with Crippen LogP contribution >= 0.6 is 15.9 Å². The van der Waals surface area contributed by atoms with Crippen molar-refractivity contribution in [3.63, 3.8) is 0 Å². The smallest absolute Gasteiger partial charge is 0.240 e. The van der Waals surface area contributed by atoms with Gasteiger partial charge in [0.25, 0.3) is 0 Å². The van der Waals surface area contributed by atoms with Crippen LogP contribution in [0.5, 0.6) is 17.5 Å². The number of aryl methyl sites for hydroxylation is 1. The average Bonchev–Trinajstić information content (AvgIpc) is 2.37. The van der Waals surface area contributed by atoms with Gasteiger partial charge in [-0.15, -0.1) is 0 Å². The lowest BCUT2D eigenvalue weighted by Gasteiger charge is -2.12. The van der Waals surface area contributed by atoms with Gasteiger partial charge in [-0.25, -0.2) is 0 Å². The summed E-state index contributed by atoms with van der Waals surface area (Å²) in [5, 5.41) is 0. The minimum Gasteiger partial charge on any atom is -0.473 e. The highest BCUT2D eigenvalue weighted by Crippen LogP contribution is 2.28. The van der Waals surface area contributed by atoms with Gasteiger partial charge in [-0.05, 0) is 50.6 Å². The van der Waals surface area contributed by atoms with Crippen LogP contribution in [0.15, 0.2) is 34.8 Å². The maximum atomic E-state index is 5.83. The predicted octanol–water partition coefficient (Wildman–Crippen LogP) is 4.31. The number of halogens is 1. The molecule has 1 aromatic carbocycles. The molecule has 0 unspecified atom stereocenters. The van der Waals surface area contributed by atoms with Crippen LogP contribution < -0.4 is 15.2 Å². The highest BCUT2D eigenvalue weighted by atomic mass is 79.9. The molecular formula is C15H17BrN2O2. The molecular weight excluding hydrogens is 320 g/mol.